The minimum Gasteiger partial charge on any atom is -0.449 e. The predicted molar refractivity (Wildman–Crippen MR) is 42.8 cm³/mol. The topological polar surface area (TPSA) is 59.7 Å². The first kappa shape index (κ1) is 8.61. The molecule has 0 radical (unpaired) electrons. The summed E-state index contributed by atoms with van der Waals surface area (Å²) in [5, 5.41) is 8.15. The van der Waals surface area contributed by atoms with E-state index < -0.39 is 6.16 Å². The van der Waals surface area contributed by atoms with E-state index in [0.29, 0.717) is 9.14 Å². The average Bonchev–Trinajstić information content (AvgIpc) is 2.10. The van der Waals surface area contributed by atoms with Crippen LogP contribution in [0.25, 0.3) is 0 Å². The van der Waals surface area contributed by atoms with Gasteiger partial charge < -0.3 is 14.3 Å². The molecule has 1 aromatic rings. The van der Waals surface area contributed by atoms with Crippen molar-refractivity contribution in [1.82, 2.24) is 0 Å². The maximum Gasteiger partial charge on any atom is 0.513 e. The lowest BCUT2D eigenvalue weighted by Gasteiger charge is -1.89. The van der Waals surface area contributed by atoms with Gasteiger partial charge in [-0.15, -0.1) is 0 Å². The number of carbonyl (C=O) groups is 1. The van der Waals surface area contributed by atoms with Gasteiger partial charge in [-0.1, -0.05) is 0 Å². The molecule has 0 amide bonds. The number of hydrogen-bond donors (Lipinski definition) is 1. The van der Waals surface area contributed by atoms with E-state index in [4.69, 9.17) is 9.52 Å². The van der Waals surface area contributed by atoms with Crippen LogP contribution in [0.2, 0.25) is 0 Å². The standard InChI is InChI=1S/C5H2Br2O4/c6-2-1-3(10-4(2)7)11-5(8)9/h1H,(H,8,9). The molecule has 60 valence electrons. The van der Waals surface area contributed by atoms with Gasteiger partial charge in [0.05, 0.1) is 4.47 Å². The molecule has 0 aromatic carbocycles. The first-order valence-corrected chi connectivity index (χ1v) is 4.04. The second-order valence-electron chi connectivity index (χ2n) is 1.56. The van der Waals surface area contributed by atoms with E-state index in [1.807, 2.05) is 0 Å². The molecule has 4 nitrogen and oxygen atoms in total. The maximum absolute atomic E-state index is 9.98. The molecule has 1 aromatic heterocycles. The number of hydrogen-bond acceptors (Lipinski definition) is 3. The van der Waals surface area contributed by atoms with Gasteiger partial charge >= 0.3 is 6.16 Å². The highest BCUT2D eigenvalue weighted by Gasteiger charge is 2.09. The smallest absolute Gasteiger partial charge is 0.449 e. The highest BCUT2D eigenvalue weighted by atomic mass is 79.9. The lowest BCUT2D eigenvalue weighted by atomic mass is 10.6. The molecular weight excluding hydrogens is 284 g/mol. The van der Waals surface area contributed by atoms with Crippen LogP contribution >= 0.6 is 31.9 Å². The van der Waals surface area contributed by atoms with E-state index in [0.717, 1.165) is 0 Å². The Kier molecular flexibility index (Phi) is 2.56. The van der Waals surface area contributed by atoms with Gasteiger partial charge in [-0.05, 0) is 31.9 Å². The first-order chi connectivity index (χ1) is 5.09. The zero-order chi connectivity index (χ0) is 8.43. The van der Waals surface area contributed by atoms with Crippen LogP contribution in [0.15, 0.2) is 19.6 Å². The second-order valence-corrected chi connectivity index (χ2v) is 3.13. The third-order valence-corrected chi connectivity index (χ3v) is 2.52. The van der Waals surface area contributed by atoms with Crippen molar-refractivity contribution in [1.29, 1.82) is 0 Å². The van der Waals surface area contributed by atoms with Crippen molar-refractivity contribution in [3.63, 3.8) is 0 Å². The molecule has 1 heterocycles. The van der Waals surface area contributed by atoms with Gasteiger partial charge in [0.25, 0.3) is 5.95 Å². The Morgan fingerprint density at radius 3 is 2.64 bits per heavy atom. The summed E-state index contributed by atoms with van der Waals surface area (Å²) < 4.78 is 10.00. The van der Waals surface area contributed by atoms with Crippen molar-refractivity contribution < 1.29 is 19.1 Å². The van der Waals surface area contributed by atoms with Gasteiger partial charge in [0.15, 0.2) is 4.67 Å². The van der Waals surface area contributed by atoms with Gasteiger partial charge in [-0.3, -0.25) is 0 Å². The van der Waals surface area contributed by atoms with Crippen molar-refractivity contribution in [3.05, 3.63) is 15.2 Å². The summed E-state index contributed by atoms with van der Waals surface area (Å²) in [5.74, 6) is -0.0729. The molecule has 1 N–H and O–H groups in total. The third-order valence-electron chi connectivity index (χ3n) is 0.810. The fraction of sp³-hybridized carbons (Fsp3) is 0. The fourth-order valence-electron chi connectivity index (χ4n) is 0.463. The molecule has 0 atom stereocenters. The van der Waals surface area contributed by atoms with Gasteiger partial charge in [0.2, 0.25) is 0 Å². The SMILES string of the molecule is O=C(O)Oc1cc(Br)c(Br)o1. The zero-order valence-electron chi connectivity index (χ0n) is 5.01. The molecule has 6 heteroatoms. The number of halogens is 2. The molecule has 0 saturated carbocycles. The lowest BCUT2D eigenvalue weighted by Crippen LogP contribution is -2.01. The van der Waals surface area contributed by atoms with Gasteiger partial charge in [-0.2, -0.15) is 0 Å². The number of ether oxygens (including phenoxy) is 1. The van der Waals surface area contributed by atoms with Crippen LogP contribution in [-0.2, 0) is 0 Å². The van der Waals surface area contributed by atoms with Gasteiger partial charge in [0, 0.05) is 6.07 Å². The van der Waals surface area contributed by atoms with E-state index in [9.17, 15) is 4.79 Å². The van der Waals surface area contributed by atoms with Crippen LogP contribution in [0.4, 0.5) is 4.79 Å². The second kappa shape index (κ2) is 3.27. The highest BCUT2D eigenvalue weighted by molar-refractivity contribution is 9.13. The summed E-state index contributed by atoms with van der Waals surface area (Å²) in [6.07, 6.45) is -1.40. The lowest BCUT2D eigenvalue weighted by molar-refractivity contribution is 0.132. The Morgan fingerprint density at radius 2 is 2.27 bits per heavy atom. The number of rotatable bonds is 1. The van der Waals surface area contributed by atoms with Crippen molar-refractivity contribution in [2.75, 3.05) is 0 Å². The van der Waals surface area contributed by atoms with Crippen LogP contribution < -0.4 is 4.74 Å². The quantitative estimate of drug-likeness (QED) is 0.806. The Balaban J connectivity index is 2.81. The molecule has 0 saturated heterocycles. The third kappa shape index (κ3) is 2.23. The Hall–Kier alpha value is -0.490. The molecule has 0 aliphatic heterocycles. The normalized spacial score (nSPS) is 9.64. The summed E-state index contributed by atoms with van der Waals surface area (Å²) in [4.78, 5) is 9.98. The fourth-order valence-corrected chi connectivity index (χ4v) is 1.00. The van der Waals surface area contributed by atoms with E-state index in [1.54, 1.807) is 0 Å². The monoisotopic (exact) mass is 284 g/mol. The van der Waals surface area contributed by atoms with Crippen LogP contribution in [0.5, 0.6) is 5.95 Å². The summed E-state index contributed by atoms with van der Waals surface area (Å²) >= 11 is 6.11. The van der Waals surface area contributed by atoms with E-state index in [-0.39, 0.29) is 5.95 Å². The minimum absolute atomic E-state index is 0.0729. The van der Waals surface area contributed by atoms with Crippen molar-refractivity contribution >= 4 is 38.0 Å². The molecule has 0 fully saturated rings. The molecule has 0 spiro atoms. The largest absolute Gasteiger partial charge is 0.513 e. The molecule has 0 aliphatic rings. The Labute approximate surface area is 78.4 Å². The van der Waals surface area contributed by atoms with Crippen molar-refractivity contribution in [2.24, 2.45) is 0 Å². The van der Waals surface area contributed by atoms with Gasteiger partial charge in [0.1, 0.15) is 0 Å². The number of furan rings is 1. The Bertz CT molecular complexity index is 261. The van der Waals surface area contributed by atoms with Crippen LogP contribution in [0.3, 0.4) is 0 Å². The van der Waals surface area contributed by atoms with Gasteiger partial charge in [-0.25, -0.2) is 4.79 Å². The molecule has 1 rings (SSSR count). The zero-order valence-corrected chi connectivity index (χ0v) is 8.18. The maximum atomic E-state index is 9.98. The van der Waals surface area contributed by atoms with E-state index >= 15 is 0 Å². The van der Waals surface area contributed by atoms with Crippen LogP contribution in [-0.4, -0.2) is 11.3 Å². The van der Waals surface area contributed by atoms with Crippen LogP contribution in [0, 0.1) is 0 Å². The summed E-state index contributed by atoms with van der Waals surface area (Å²) in [6, 6.07) is 1.40. The summed E-state index contributed by atoms with van der Waals surface area (Å²) in [6.45, 7) is 0. The first-order valence-electron chi connectivity index (χ1n) is 2.45. The van der Waals surface area contributed by atoms with Crippen LogP contribution in [0.1, 0.15) is 0 Å². The van der Waals surface area contributed by atoms with E-state index in [2.05, 4.69) is 36.6 Å². The molecular formula is C5H2Br2O4. The summed E-state index contributed by atoms with van der Waals surface area (Å²) in [5.41, 5.74) is 0. The summed E-state index contributed by atoms with van der Waals surface area (Å²) in [7, 11) is 0. The minimum atomic E-state index is -1.40. The Morgan fingerprint density at radius 1 is 1.64 bits per heavy atom. The molecule has 0 unspecified atom stereocenters. The van der Waals surface area contributed by atoms with Crippen molar-refractivity contribution in [3.8, 4) is 5.95 Å². The highest BCUT2D eigenvalue weighted by Crippen LogP contribution is 2.30. The molecule has 0 aliphatic carbocycles. The van der Waals surface area contributed by atoms with Crippen molar-refractivity contribution in [2.45, 2.75) is 0 Å². The predicted octanol–water partition coefficient (Wildman–Crippen LogP) is 2.86. The average molecular weight is 286 g/mol. The number of carboxylic acid groups (broad SMARTS) is 1. The van der Waals surface area contributed by atoms with E-state index in [1.165, 1.54) is 6.07 Å². The molecule has 0 bridgehead atoms. The molecule has 11 heavy (non-hydrogen) atoms.